The van der Waals surface area contributed by atoms with Gasteiger partial charge >= 0.3 is 12.1 Å². The van der Waals surface area contributed by atoms with Gasteiger partial charge in [-0.3, -0.25) is 9.97 Å². The molecular weight excluding hydrogens is 423 g/mol. The van der Waals surface area contributed by atoms with Gasteiger partial charge in [0.2, 0.25) is 0 Å². The fraction of sp³-hybridized carbons (Fsp3) is 0.174. The van der Waals surface area contributed by atoms with Crippen molar-refractivity contribution in [2.75, 3.05) is 0 Å². The van der Waals surface area contributed by atoms with Crippen LogP contribution in [-0.4, -0.2) is 31.7 Å². The lowest BCUT2D eigenvalue weighted by Crippen LogP contribution is -2.08. The third kappa shape index (κ3) is 4.14. The van der Waals surface area contributed by atoms with Crippen LogP contribution in [0.15, 0.2) is 60.9 Å². The summed E-state index contributed by atoms with van der Waals surface area (Å²) in [7, 11) is 0. The highest BCUT2D eigenvalue weighted by Crippen LogP contribution is 2.31. The fourth-order valence-electron chi connectivity index (χ4n) is 3.34. The Kier molecular flexibility index (Phi) is 5.33. The Morgan fingerprint density at radius 3 is 2.25 bits per heavy atom. The summed E-state index contributed by atoms with van der Waals surface area (Å²) in [4.78, 5) is 20.0. The molecule has 0 aliphatic rings. The summed E-state index contributed by atoms with van der Waals surface area (Å²) < 4.78 is 45.7. The molecule has 1 aromatic carbocycles. The van der Waals surface area contributed by atoms with Crippen LogP contribution in [0.1, 0.15) is 29.9 Å². The second-order valence-corrected chi connectivity index (χ2v) is 7.39. The Morgan fingerprint density at radius 1 is 1.00 bits per heavy atom. The SMILES string of the molecule is CC(C)Oc1ccc(-n2c(C(=O)O)cc3cnc(-c4ccc(C(F)(F)F)cn4)cc32)cc1. The Morgan fingerprint density at radius 2 is 1.69 bits per heavy atom. The zero-order chi connectivity index (χ0) is 23.0. The van der Waals surface area contributed by atoms with Crippen LogP contribution >= 0.6 is 0 Å². The third-order valence-electron chi connectivity index (χ3n) is 4.73. The highest BCUT2D eigenvalue weighted by molar-refractivity contribution is 5.96. The minimum atomic E-state index is -4.49. The Bertz CT molecular complexity index is 1280. The first-order chi connectivity index (χ1) is 15.1. The number of carboxylic acids is 1. The maximum Gasteiger partial charge on any atom is 0.417 e. The molecule has 0 saturated heterocycles. The van der Waals surface area contributed by atoms with E-state index >= 15 is 0 Å². The van der Waals surface area contributed by atoms with Crippen molar-refractivity contribution in [1.82, 2.24) is 14.5 Å². The molecule has 0 aliphatic carbocycles. The first-order valence-corrected chi connectivity index (χ1v) is 9.69. The molecule has 1 N–H and O–H groups in total. The third-order valence-corrected chi connectivity index (χ3v) is 4.73. The summed E-state index contributed by atoms with van der Waals surface area (Å²) in [5.41, 5.74) is 0.851. The highest BCUT2D eigenvalue weighted by Gasteiger charge is 2.30. The number of benzene rings is 1. The maximum absolute atomic E-state index is 12.8. The Labute approximate surface area is 180 Å². The number of hydrogen-bond donors (Lipinski definition) is 1. The molecule has 4 aromatic rings. The van der Waals surface area contributed by atoms with Gasteiger partial charge in [0.25, 0.3) is 0 Å². The first kappa shape index (κ1) is 21.4. The lowest BCUT2D eigenvalue weighted by molar-refractivity contribution is -0.137. The van der Waals surface area contributed by atoms with Crippen LogP contribution in [0.2, 0.25) is 0 Å². The van der Waals surface area contributed by atoms with Gasteiger partial charge in [0.15, 0.2) is 0 Å². The topological polar surface area (TPSA) is 77.2 Å². The van der Waals surface area contributed by atoms with Crippen molar-refractivity contribution in [3.05, 3.63) is 72.2 Å². The van der Waals surface area contributed by atoms with Crippen molar-refractivity contribution >= 4 is 16.9 Å². The molecule has 3 heterocycles. The van der Waals surface area contributed by atoms with Gasteiger partial charge in [0.1, 0.15) is 11.4 Å². The van der Waals surface area contributed by atoms with Crippen LogP contribution in [0.25, 0.3) is 28.0 Å². The van der Waals surface area contributed by atoms with Crippen LogP contribution < -0.4 is 4.74 Å². The van der Waals surface area contributed by atoms with Crippen LogP contribution in [0.4, 0.5) is 13.2 Å². The minimum absolute atomic E-state index is 0.00675. The smallest absolute Gasteiger partial charge is 0.417 e. The molecule has 0 bridgehead atoms. The van der Waals surface area contributed by atoms with E-state index in [9.17, 15) is 23.1 Å². The van der Waals surface area contributed by atoms with Crippen LogP contribution in [-0.2, 0) is 6.18 Å². The van der Waals surface area contributed by atoms with E-state index in [1.807, 2.05) is 13.8 Å². The second-order valence-electron chi connectivity index (χ2n) is 7.39. The molecule has 0 spiro atoms. The molecule has 0 radical (unpaired) electrons. The summed E-state index contributed by atoms with van der Waals surface area (Å²) in [6.07, 6.45) is -2.27. The van der Waals surface area contributed by atoms with Gasteiger partial charge in [0.05, 0.1) is 28.6 Å². The number of aromatic nitrogens is 3. The van der Waals surface area contributed by atoms with E-state index in [-0.39, 0.29) is 17.5 Å². The van der Waals surface area contributed by atoms with Gasteiger partial charge in [-0.15, -0.1) is 0 Å². The van der Waals surface area contributed by atoms with Gasteiger partial charge < -0.3 is 14.4 Å². The molecule has 3 aromatic heterocycles. The molecule has 6 nitrogen and oxygen atoms in total. The molecule has 0 amide bonds. The van der Waals surface area contributed by atoms with Crippen molar-refractivity contribution in [1.29, 1.82) is 0 Å². The summed E-state index contributed by atoms with van der Waals surface area (Å²) in [5, 5.41) is 10.3. The largest absolute Gasteiger partial charge is 0.491 e. The molecule has 32 heavy (non-hydrogen) atoms. The number of fused-ring (bicyclic) bond motifs is 1. The number of carbonyl (C=O) groups is 1. The predicted octanol–water partition coefficient (Wildman–Crippen LogP) is 5.59. The van der Waals surface area contributed by atoms with E-state index in [1.165, 1.54) is 18.3 Å². The number of ether oxygens (including phenoxy) is 1. The monoisotopic (exact) mass is 441 g/mol. The molecule has 9 heteroatoms. The first-order valence-electron chi connectivity index (χ1n) is 9.69. The number of nitrogens with zero attached hydrogens (tertiary/aromatic N) is 3. The lowest BCUT2D eigenvalue weighted by Gasteiger charge is -2.12. The summed E-state index contributed by atoms with van der Waals surface area (Å²) >= 11 is 0. The van der Waals surface area contributed by atoms with E-state index in [0.29, 0.717) is 28.0 Å². The zero-order valence-corrected chi connectivity index (χ0v) is 17.1. The molecule has 0 aliphatic heterocycles. The van der Waals surface area contributed by atoms with E-state index in [1.54, 1.807) is 34.9 Å². The second kappa shape index (κ2) is 7.99. The van der Waals surface area contributed by atoms with Gasteiger partial charge in [-0.05, 0) is 62.4 Å². The van der Waals surface area contributed by atoms with Crippen LogP contribution in [0, 0.1) is 0 Å². The Balaban J connectivity index is 1.81. The van der Waals surface area contributed by atoms with Crippen molar-refractivity contribution in [2.45, 2.75) is 26.1 Å². The minimum Gasteiger partial charge on any atom is -0.491 e. The van der Waals surface area contributed by atoms with Crippen LogP contribution in [0.3, 0.4) is 0 Å². The normalized spacial score (nSPS) is 11.8. The van der Waals surface area contributed by atoms with Gasteiger partial charge in [0, 0.05) is 23.5 Å². The summed E-state index contributed by atoms with van der Waals surface area (Å²) in [6, 6.07) is 12.2. The summed E-state index contributed by atoms with van der Waals surface area (Å²) in [6.45, 7) is 3.80. The quantitative estimate of drug-likeness (QED) is 0.437. The number of alkyl halides is 3. The van der Waals surface area contributed by atoms with E-state index in [4.69, 9.17) is 4.74 Å². The maximum atomic E-state index is 12.8. The number of carboxylic acid groups (broad SMARTS) is 1. The number of rotatable bonds is 5. The molecule has 0 fully saturated rings. The van der Waals surface area contributed by atoms with Gasteiger partial charge in [-0.25, -0.2) is 4.79 Å². The number of hydrogen-bond acceptors (Lipinski definition) is 4. The average Bonchev–Trinajstić information content (AvgIpc) is 3.12. The van der Waals surface area contributed by atoms with Crippen molar-refractivity contribution < 1.29 is 27.8 Å². The number of halogens is 3. The van der Waals surface area contributed by atoms with Gasteiger partial charge in [-0.1, -0.05) is 0 Å². The molecule has 164 valence electrons. The van der Waals surface area contributed by atoms with E-state index in [0.717, 1.165) is 12.3 Å². The molecule has 4 rings (SSSR count). The standard InChI is InChI=1S/C23H18F3N3O3/c1-13(2)32-17-6-4-16(5-7-17)29-20-10-19(27-11-14(20)9-21(29)22(30)31)18-8-3-15(12-28-18)23(24,25)26/h3-13H,1-2H3,(H,30,31). The fourth-order valence-corrected chi connectivity index (χ4v) is 3.34. The summed E-state index contributed by atoms with van der Waals surface area (Å²) in [5.74, 6) is -0.480. The number of aromatic carboxylic acids is 1. The molecule has 0 saturated carbocycles. The number of pyridine rings is 2. The Hall–Kier alpha value is -3.88. The van der Waals surface area contributed by atoms with Crippen molar-refractivity contribution in [3.63, 3.8) is 0 Å². The van der Waals surface area contributed by atoms with E-state index < -0.39 is 17.7 Å². The van der Waals surface area contributed by atoms with Crippen LogP contribution in [0.5, 0.6) is 5.75 Å². The van der Waals surface area contributed by atoms with E-state index in [2.05, 4.69) is 9.97 Å². The van der Waals surface area contributed by atoms with Gasteiger partial charge in [-0.2, -0.15) is 13.2 Å². The van der Waals surface area contributed by atoms with Crippen molar-refractivity contribution in [3.8, 4) is 22.8 Å². The predicted molar refractivity (Wildman–Crippen MR) is 112 cm³/mol. The highest BCUT2D eigenvalue weighted by atomic mass is 19.4. The molecule has 0 atom stereocenters. The zero-order valence-electron chi connectivity index (χ0n) is 17.1. The molecule has 0 unspecified atom stereocenters. The van der Waals surface area contributed by atoms with Crippen molar-refractivity contribution in [2.24, 2.45) is 0 Å². The average molecular weight is 441 g/mol. The molecular formula is C23H18F3N3O3. The lowest BCUT2D eigenvalue weighted by atomic mass is 10.2.